The number of ether oxygens (including phenoxy) is 1. The van der Waals surface area contributed by atoms with E-state index in [-0.39, 0.29) is 17.5 Å². The van der Waals surface area contributed by atoms with Crippen molar-refractivity contribution in [2.75, 3.05) is 13.2 Å². The molecule has 2 aromatic rings. The van der Waals surface area contributed by atoms with Gasteiger partial charge in [0.1, 0.15) is 11.3 Å². The highest BCUT2D eigenvalue weighted by Crippen LogP contribution is 2.32. The van der Waals surface area contributed by atoms with Gasteiger partial charge in [-0.2, -0.15) is 0 Å². The first kappa shape index (κ1) is 14.7. The Hall–Kier alpha value is -1.85. The second-order valence-corrected chi connectivity index (χ2v) is 6.41. The van der Waals surface area contributed by atoms with Gasteiger partial charge in [0, 0.05) is 30.6 Å². The Morgan fingerprint density at radius 3 is 2.91 bits per heavy atom. The Morgan fingerprint density at radius 2 is 2.09 bits per heavy atom. The van der Waals surface area contributed by atoms with E-state index in [9.17, 15) is 9.90 Å². The van der Waals surface area contributed by atoms with Crippen LogP contribution in [-0.2, 0) is 24.1 Å². The van der Waals surface area contributed by atoms with Crippen LogP contribution in [0.5, 0.6) is 5.75 Å². The summed E-state index contributed by atoms with van der Waals surface area (Å²) in [5.41, 5.74) is 2.83. The van der Waals surface area contributed by atoms with E-state index in [1.807, 2.05) is 6.07 Å². The number of hydrogen-bond donors (Lipinski definition) is 2. The molecule has 1 aliphatic heterocycles. The molecule has 1 saturated heterocycles. The summed E-state index contributed by atoms with van der Waals surface area (Å²) >= 11 is 0. The molecule has 2 N–H and O–H groups in total. The smallest absolute Gasteiger partial charge is 0.339 e. The predicted molar refractivity (Wildman–Crippen MR) is 86.9 cm³/mol. The van der Waals surface area contributed by atoms with Crippen molar-refractivity contribution >= 4 is 11.0 Å². The predicted octanol–water partition coefficient (Wildman–Crippen LogP) is 2.26. The van der Waals surface area contributed by atoms with Gasteiger partial charge in [-0.1, -0.05) is 0 Å². The quantitative estimate of drug-likeness (QED) is 0.847. The van der Waals surface area contributed by atoms with Crippen LogP contribution in [0.2, 0.25) is 0 Å². The largest absolute Gasteiger partial charge is 0.507 e. The molecule has 2 heterocycles. The van der Waals surface area contributed by atoms with Crippen LogP contribution < -0.4 is 10.9 Å². The van der Waals surface area contributed by atoms with Crippen molar-refractivity contribution in [2.45, 2.75) is 44.8 Å². The third-order valence-corrected chi connectivity index (χ3v) is 4.92. The van der Waals surface area contributed by atoms with Gasteiger partial charge in [0.05, 0.1) is 11.7 Å². The first-order chi connectivity index (χ1) is 11.2. The van der Waals surface area contributed by atoms with Gasteiger partial charge in [-0.3, -0.25) is 0 Å². The van der Waals surface area contributed by atoms with Crippen molar-refractivity contribution in [1.29, 1.82) is 0 Å². The maximum Gasteiger partial charge on any atom is 0.339 e. The molecule has 1 atom stereocenters. The monoisotopic (exact) mass is 315 g/mol. The molecule has 23 heavy (non-hydrogen) atoms. The second-order valence-electron chi connectivity index (χ2n) is 6.41. The van der Waals surface area contributed by atoms with Gasteiger partial charge in [0.15, 0.2) is 0 Å². The molecule has 1 aromatic heterocycles. The van der Waals surface area contributed by atoms with Crippen LogP contribution in [0.25, 0.3) is 11.0 Å². The first-order valence-corrected chi connectivity index (χ1v) is 8.36. The molecule has 0 spiro atoms. The molecule has 122 valence electrons. The zero-order valence-corrected chi connectivity index (χ0v) is 13.1. The van der Waals surface area contributed by atoms with Crippen LogP contribution in [0.3, 0.4) is 0 Å². The fourth-order valence-electron chi connectivity index (χ4n) is 3.73. The summed E-state index contributed by atoms with van der Waals surface area (Å²) < 4.78 is 11.1. The summed E-state index contributed by atoms with van der Waals surface area (Å²) in [6, 6.07) is 3.56. The highest BCUT2D eigenvalue weighted by molar-refractivity contribution is 5.86. The molecule has 0 saturated carbocycles. The Balaban J connectivity index is 1.66. The third-order valence-electron chi connectivity index (χ3n) is 4.92. The van der Waals surface area contributed by atoms with Crippen LogP contribution in [-0.4, -0.2) is 24.4 Å². The Labute approximate surface area is 134 Å². The van der Waals surface area contributed by atoms with Crippen LogP contribution in [0.1, 0.15) is 36.0 Å². The Bertz CT molecular complexity index is 790. The molecular weight excluding hydrogens is 294 g/mol. The molecule has 5 nitrogen and oxygen atoms in total. The summed E-state index contributed by atoms with van der Waals surface area (Å²) in [6.07, 6.45) is 5.10. The molecule has 0 unspecified atom stereocenters. The number of phenols is 1. The van der Waals surface area contributed by atoms with E-state index in [0.29, 0.717) is 17.7 Å². The van der Waals surface area contributed by atoms with Crippen molar-refractivity contribution < 1.29 is 14.3 Å². The lowest BCUT2D eigenvalue weighted by Gasteiger charge is -2.13. The van der Waals surface area contributed by atoms with Gasteiger partial charge in [-0.25, -0.2) is 4.79 Å². The van der Waals surface area contributed by atoms with Gasteiger partial charge in [0.2, 0.25) is 0 Å². The summed E-state index contributed by atoms with van der Waals surface area (Å²) in [5, 5.41) is 14.5. The standard InChI is InChI=1S/C18H21NO4/c20-16-7-6-13-12-4-1-5-14(12)18(21)23-17(13)15(16)10-19-9-11-3-2-8-22-11/h6-7,11,19-20H,1-5,8-10H2/t11-/m1/s1. The van der Waals surface area contributed by atoms with E-state index in [2.05, 4.69) is 5.32 Å². The molecule has 4 rings (SSSR count). The first-order valence-electron chi connectivity index (χ1n) is 8.36. The van der Waals surface area contributed by atoms with E-state index in [1.54, 1.807) is 6.07 Å². The zero-order chi connectivity index (χ0) is 15.8. The van der Waals surface area contributed by atoms with Gasteiger partial charge in [-0.15, -0.1) is 0 Å². The van der Waals surface area contributed by atoms with E-state index in [0.717, 1.165) is 61.8 Å². The number of benzene rings is 1. The maximum atomic E-state index is 12.2. The Morgan fingerprint density at radius 1 is 1.22 bits per heavy atom. The molecule has 1 aromatic carbocycles. The number of rotatable bonds is 4. The average Bonchev–Trinajstić information content (AvgIpc) is 3.21. The molecule has 0 amide bonds. The number of nitrogens with one attached hydrogen (secondary N) is 1. The van der Waals surface area contributed by atoms with Crippen LogP contribution in [0.15, 0.2) is 21.3 Å². The topological polar surface area (TPSA) is 71.7 Å². The maximum absolute atomic E-state index is 12.2. The molecule has 1 fully saturated rings. The number of phenolic OH excluding ortho intramolecular Hbond substituents is 1. The third kappa shape index (κ3) is 2.64. The Kier molecular flexibility index (Phi) is 3.83. The van der Waals surface area contributed by atoms with Crippen LogP contribution in [0, 0.1) is 0 Å². The van der Waals surface area contributed by atoms with Gasteiger partial charge in [-0.05, 0) is 49.8 Å². The molecule has 5 heteroatoms. The van der Waals surface area contributed by atoms with Crippen molar-refractivity contribution in [3.63, 3.8) is 0 Å². The minimum Gasteiger partial charge on any atom is -0.507 e. The van der Waals surface area contributed by atoms with E-state index < -0.39 is 0 Å². The number of hydrogen-bond acceptors (Lipinski definition) is 5. The minimum absolute atomic E-state index is 0.165. The van der Waals surface area contributed by atoms with E-state index >= 15 is 0 Å². The highest BCUT2D eigenvalue weighted by Gasteiger charge is 2.22. The number of aromatic hydroxyl groups is 1. The molecule has 2 aliphatic rings. The summed E-state index contributed by atoms with van der Waals surface area (Å²) in [6.45, 7) is 2.03. The van der Waals surface area contributed by atoms with E-state index in [1.165, 1.54) is 0 Å². The van der Waals surface area contributed by atoms with Crippen molar-refractivity contribution in [1.82, 2.24) is 5.32 Å². The molecule has 1 aliphatic carbocycles. The normalized spacial score (nSPS) is 20.3. The number of aryl methyl sites for hydroxylation is 1. The molecule has 0 bridgehead atoms. The lowest BCUT2D eigenvalue weighted by molar-refractivity contribution is 0.110. The highest BCUT2D eigenvalue weighted by atomic mass is 16.5. The average molecular weight is 315 g/mol. The van der Waals surface area contributed by atoms with E-state index in [4.69, 9.17) is 9.15 Å². The zero-order valence-electron chi connectivity index (χ0n) is 13.1. The SMILES string of the molecule is O=c1oc2c(CNC[C@H]3CCCO3)c(O)ccc2c2c1CCC2. The fourth-order valence-corrected chi connectivity index (χ4v) is 3.73. The van der Waals surface area contributed by atoms with Crippen LogP contribution >= 0.6 is 0 Å². The number of fused-ring (bicyclic) bond motifs is 3. The molecule has 0 radical (unpaired) electrons. The van der Waals surface area contributed by atoms with Crippen molar-refractivity contribution in [2.24, 2.45) is 0 Å². The lowest BCUT2D eigenvalue weighted by Crippen LogP contribution is -2.26. The lowest BCUT2D eigenvalue weighted by atomic mass is 10.0. The van der Waals surface area contributed by atoms with Gasteiger partial charge >= 0.3 is 5.63 Å². The summed E-state index contributed by atoms with van der Waals surface area (Å²) in [5.74, 6) is 0.165. The van der Waals surface area contributed by atoms with Gasteiger partial charge in [0.25, 0.3) is 0 Å². The van der Waals surface area contributed by atoms with Crippen LogP contribution in [0.4, 0.5) is 0 Å². The summed E-state index contributed by atoms with van der Waals surface area (Å²) in [4.78, 5) is 12.2. The molecular formula is C18H21NO4. The van der Waals surface area contributed by atoms with Crippen molar-refractivity contribution in [3.05, 3.63) is 39.2 Å². The minimum atomic E-state index is -0.254. The van der Waals surface area contributed by atoms with Gasteiger partial charge < -0.3 is 19.6 Å². The van der Waals surface area contributed by atoms with Crippen molar-refractivity contribution in [3.8, 4) is 5.75 Å². The second kappa shape index (κ2) is 5.98. The summed E-state index contributed by atoms with van der Waals surface area (Å²) in [7, 11) is 0. The fraction of sp³-hybridized carbons (Fsp3) is 0.500.